The van der Waals surface area contributed by atoms with Gasteiger partial charge in [-0.15, -0.1) is 0 Å². The minimum Gasteiger partial charge on any atom is -0.396 e. The Hall–Kier alpha value is -1.31. The molecule has 0 aliphatic carbocycles. The molecule has 0 atom stereocenters. The van der Waals surface area contributed by atoms with Crippen molar-refractivity contribution in [2.75, 3.05) is 6.61 Å². The first-order valence-corrected chi connectivity index (χ1v) is 6.56. The Kier molecular flexibility index (Phi) is 7.12. The van der Waals surface area contributed by atoms with Crippen LogP contribution in [0.4, 0.5) is 0 Å². The summed E-state index contributed by atoms with van der Waals surface area (Å²) in [6.07, 6.45) is 6.26. The predicted molar refractivity (Wildman–Crippen MR) is 73.4 cm³/mol. The number of hydrogen-bond acceptors (Lipinski definition) is 2. The van der Waals surface area contributed by atoms with E-state index < -0.39 is 0 Å². The van der Waals surface area contributed by atoms with Crippen LogP contribution < -0.4 is 0 Å². The lowest BCUT2D eigenvalue weighted by atomic mass is 10.1. The summed E-state index contributed by atoms with van der Waals surface area (Å²) in [7, 11) is 0. The molecule has 0 saturated heterocycles. The largest absolute Gasteiger partial charge is 0.396 e. The van der Waals surface area contributed by atoms with Crippen LogP contribution in [0.5, 0.6) is 0 Å². The maximum atomic E-state index is 5.32. The minimum absolute atomic E-state index is 0.730. The Bertz CT molecular complexity index is 319. The molecule has 94 valence electrons. The molecule has 0 N–H and O–H groups in total. The molecule has 2 heteroatoms. The second-order valence-corrected chi connectivity index (χ2v) is 4.29. The van der Waals surface area contributed by atoms with Gasteiger partial charge in [-0.05, 0) is 25.3 Å². The van der Waals surface area contributed by atoms with E-state index >= 15 is 0 Å². The summed E-state index contributed by atoms with van der Waals surface area (Å²) < 4.78 is 0. The van der Waals surface area contributed by atoms with Crippen LogP contribution in [-0.2, 0) is 4.84 Å². The van der Waals surface area contributed by atoms with Gasteiger partial charge in [0.1, 0.15) is 6.61 Å². The van der Waals surface area contributed by atoms with Gasteiger partial charge in [0.15, 0.2) is 0 Å². The number of nitrogens with zero attached hydrogens (tertiary/aromatic N) is 1. The first-order valence-electron chi connectivity index (χ1n) is 6.56. The van der Waals surface area contributed by atoms with Crippen LogP contribution in [-0.4, -0.2) is 12.3 Å². The summed E-state index contributed by atoms with van der Waals surface area (Å²) in [6.45, 7) is 4.93. The molecular formula is C15H23NO. The highest BCUT2D eigenvalue weighted by atomic mass is 16.6. The van der Waals surface area contributed by atoms with E-state index in [-0.39, 0.29) is 0 Å². The summed E-state index contributed by atoms with van der Waals surface area (Å²) in [6, 6.07) is 10.1. The Balaban J connectivity index is 2.16. The number of unbranched alkanes of at least 4 members (excludes halogenated alkanes) is 4. The maximum absolute atomic E-state index is 5.32. The SMILES string of the molecule is CCCCCCCO/N=C(\C)c1ccccc1. The van der Waals surface area contributed by atoms with Crippen molar-refractivity contribution in [1.82, 2.24) is 0 Å². The van der Waals surface area contributed by atoms with Crippen LogP contribution in [0.2, 0.25) is 0 Å². The molecule has 0 aliphatic heterocycles. The normalized spacial score (nSPS) is 11.5. The summed E-state index contributed by atoms with van der Waals surface area (Å²) in [5.74, 6) is 0. The lowest BCUT2D eigenvalue weighted by Gasteiger charge is -2.02. The van der Waals surface area contributed by atoms with Gasteiger partial charge >= 0.3 is 0 Å². The molecule has 0 spiro atoms. The van der Waals surface area contributed by atoms with Crippen LogP contribution >= 0.6 is 0 Å². The third-order valence-electron chi connectivity index (χ3n) is 2.73. The zero-order valence-corrected chi connectivity index (χ0v) is 11.0. The van der Waals surface area contributed by atoms with Crippen molar-refractivity contribution in [1.29, 1.82) is 0 Å². The van der Waals surface area contributed by atoms with Gasteiger partial charge < -0.3 is 4.84 Å². The minimum atomic E-state index is 0.730. The summed E-state index contributed by atoms with van der Waals surface area (Å²) >= 11 is 0. The van der Waals surface area contributed by atoms with Gasteiger partial charge in [-0.25, -0.2) is 0 Å². The first-order chi connectivity index (χ1) is 8.34. The zero-order valence-electron chi connectivity index (χ0n) is 11.0. The Morgan fingerprint density at radius 2 is 1.76 bits per heavy atom. The van der Waals surface area contributed by atoms with Gasteiger partial charge in [-0.2, -0.15) is 0 Å². The maximum Gasteiger partial charge on any atom is 0.117 e. The van der Waals surface area contributed by atoms with Crippen LogP contribution in [0.15, 0.2) is 35.5 Å². The van der Waals surface area contributed by atoms with Crippen molar-refractivity contribution in [2.45, 2.75) is 46.0 Å². The highest BCUT2D eigenvalue weighted by Crippen LogP contribution is 2.04. The molecular weight excluding hydrogens is 210 g/mol. The number of hydrogen-bond donors (Lipinski definition) is 0. The van der Waals surface area contributed by atoms with Crippen LogP contribution in [0, 0.1) is 0 Å². The van der Waals surface area contributed by atoms with E-state index in [0.29, 0.717) is 0 Å². The molecule has 0 heterocycles. The van der Waals surface area contributed by atoms with Crippen molar-refractivity contribution in [3.63, 3.8) is 0 Å². The predicted octanol–water partition coefficient (Wildman–Crippen LogP) is 4.40. The molecule has 0 amide bonds. The molecule has 1 aromatic carbocycles. The lowest BCUT2D eigenvalue weighted by molar-refractivity contribution is 0.139. The Morgan fingerprint density at radius 1 is 1.06 bits per heavy atom. The van der Waals surface area contributed by atoms with Crippen molar-refractivity contribution in [3.05, 3.63) is 35.9 Å². The van der Waals surface area contributed by atoms with E-state index in [9.17, 15) is 0 Å². The van der Waals surface area contributed by atoms with Crippen molar-refractivity contribution in [2.24, 2.45) is 5.16 Å². The van der Waals surface area contributed by atoms with E-state index in [1.54, 1.807) is 0 Å². The smallest absolute Gasteiger partial charge is 0.117 e. The van der Waals surface area contributed by atoms with E-state index in [1.165, 1.54) is 25.7 Å². The van der Waals surface area contributed by atoms with Gasteiger partial charge in [-0.3, -0.25) is 0 Å². The van der Waals surface area contributed by atoms with Gasteiger partial charge in [0.2, 0.25) is 0 Å². The van der Waals surface area contributed by atoms with Crippen molar-refractivity contribution < 1.29 is 4.84 Å². The lowest BCUT2D eigenvalue weighted by Crippen LogP contribution is -1.97. The monoisotopic (exact) mass is 233 g/mol. The highest BCUT2D eigenvalue weighted by molar-refractivity contribution is 5.98. The third kappa shape index (κ3) is 6.10. The Morgan fingerprint density at radius 3 is 2.47 bits per heavy atom. The standard InChI is InChI=1S/C15H23NO/c1-3-4-5-6-10-13-17-16-14(2)15-11-8-7-9-12-15/h7-9,11-12H,3-6,10,13H2,1-2H3/b16-14+. The van der Waals surface area contributed by atoms with Gasteiger partial charge in [0.25, 0.3) is 0 Å². The molecule has 0 fully saturated rings. The van der Waals surface area contributed by atoms with E-state index in [2.05, 4.69) is 12.1 Å². The molecule has 0 saturated carbocycles. The highest BCUT2D eigenvalue weighted by Gasteiger charge is 1.95. The van der Waals surface area contributed by atoms with Gasteiger partial charge in [0.05, 0.1) is 5.71 Å². The Labute approximate surface area is 105 Å². The molecule has 0 radical (unpaired) electrons. The molecule has 1 rings (SSSR count). The average Bonchev–Trinajstić information content (AvgIpc) is 2.38. The molecule has 0 aliphatic rings. The summed E-state index contributed by atoms with van der Waals surface area (Å²) in [5, 5.41) is 4.13. The van der Waals surface area contributed by atoms with Crippen molar-refractivity contribution in [3.8, 4) is 0 Å². The van der Waals surface area contributed by atoms with Crippen LogP contribution in [0.1, 0.15) is 51.5 Å². The zero-order chi connectivity index (χ0) is 12.3. The fourth-order valence-electron chi connectivity index (χ4n) is 1.64. The molecule has 2 nitrogen and oxygen atoms in total. The first kappa shape index (κ1) is 13.8. The average molecular weight is 233 g/mol. The molecule has 1 aromatic rings. The number of rotatable bonds is 8. The molecule has 0 aromatic heterocycles. The van der Waals surface area contributed by atoms with E-state index in [4.69, 9.17) is 4.84 Å². The van der Waals surface area contributed by atoms with Crippen LogP contribution in [0.3, 0.4) is 0 Å². The van der Waals surface area contributed by atoms with E-state index in [1.807, 2.05) is 37.3 Å². The molecule has 0 bridgehead atoms. The summed E-state index contributed by atoms with van der Waals surface area (Å²) in [4.78, 5) is 5.32. The number of oxime groups is 1. The summed E-state index contributed by atoms with van der Waals surface area (Å²) in [5.41, 5.74) is 2.07. The molecule has 0 unspecified atom stereocenters. The fraction of sp³-hybridized carbons (Fsp3) is 0.533. The fourth-order valence-corrected chi connectivity index (χ4v) is 1.64. The van der Waals surface area contributed by atoms with Gasteiger partial charge in [0, 0.05) is 0 Å². The molecule has 17 heavy (non-hydrogen) atoms. The van der Waals surface area contributed by atoms with Gasteiger partial charge in [-0.1, -0.05) is 61.7 Å². The van der Waals surface area contributed by atoms with Crippen molar-refractivity contribution >= 4 is 5.71 Å². The van der Waals surface area contributed by atoms with Crippen LogP contribution in [0.25, 0.3) is 0 Å². The second kappa shape index (κ2) is 8.80. The third-order valence-corrected chi connectivity index (χ3v) is 2.73. The topological polar surface area (TPSA) is 21.6 Å². The number of benzene rings is 1. The quantitative estimate of drug-likeness (QED) is 0.370. The van der Waals surface area contributed by atoms with E-state index in [0.717, 1.165) is 24.3 Å². The second-order valence-electron chi connectivity index (χ2n) is 4.29.